The number of sulfonamides is 1. The highest BCUT2D eigenvalue weighted by Gasteiger charge is 2.27. The number of piperidine rings is 1. The van der Waals surface area contributed by atoms with E-state index in [0.29, 0.717) is 38.3 Å². The summed E-state index contributed by atoms with van der Waals surface area (Å²) in [6, 6.07) is 1.32. The van der Waals surface area contributed by atoms with Crippen molar-refractivity contribution < 1.29 is 27.3 Å². The number of nitrogens with zero attached hydrogens (tertiary/aromatic N) is 3. The van der Waals surface area contributed by atoms with Crippen molar-refractivity contribution in [3.05, 3.63) is 11.8 Å². The number of carbonyl (C=O) groups excluding carboxylic acids is 2. The van der Waals surface area contributed by atoms with Crippen molar-refractivity contribution >= 4 is 27.8 Å². The van der Waals surface area contributed by atoms with Gasteiger partial charge in [-0.25, -0.2) is 17.5 Å². The van der Waals surface area contributed by atoms with Crippen LogP contribution in [0.4, 0.5) is 10.6 Å². The number of hydrogen-bond acceptors (Lipinski definition) is 7. The number of amides is 2. The van der Waals surface area contributed by atoms with E-state index in [0.717, 1.165) is 10.6 Å². The van der Waals surface area contributed by atoms with Gasteiger partial charge in [-0.15, -0.1) is 0 Å². The van der Waals surface area contributed by atoms with Crippen molar-refractivity contribution in [2.45, 2.75) is 32.7 Å². The number of hydrogen-bond donors (Lipinski definition) is 1. The van der Waals surface area contributed by atoms with Crippen LogP contribution in [0.25, 0.3) is 0 Å². The van der Waals surface area contributed by atoms with Gasteiger partial charge in [0, 0.05) is 25.2 Å². The SMILES string of the molecule is CCOC(=O)N1CCC(NC(=O)CN(c2cc(C)on2)S(C)(=O)=O)CC1. The van der Waals surface area contributed by atoms with Crippen LogP contribution in [0.5, 0.6) is 0 Å². The van der Waals surface area contributed by atoms with E-state index < -0.39 is 15.9 Å². The summed E-state index contributed by atoms with van der Waals surface area (Å²) in [4.78, 5) is 25.5. The molecule has 10 nitrogen and oxygen atoms in total. The van der Waals surface area contributed by atoms with Gasteiger partial charge >= 0.3 is 6.09 Å². The van der Waals surface area contributed by atoms with Gasteiger partial charge in [-0.3, -0.25) is 4.79 Å². The summed E-state index contributed by atoms with van der Waals surface area (Å²) in [6.07, 6.45) is 1.79. The maximum atomic E-state index is 12.3. The predicted octanol–water partition coefficient (Wildman–Crippen LogP) is 0.486. The molecule has 1 aromatic rings. The van der Waals surface area contributed by atoms with Crippen molar-refractivity contribution in [3.8, 4) is 0 Å². The maximum absolute atomic E-state index is 12.3. The van der Waals surface area contributed by atoms with Crippen LogP contribution < -0.4 is 9.62 Å². The summed E-state index contributed by atoms with van der Waals surface area (Å²) >= 11 is 0. The lowest BCUT2D eigenvalue weighted by Gasteiger charge is -2.32. The average molecular weight is 388 g/mol. The molecule has 1 saturated heterocycles. The second-order valence-corrected chi connectivity index (χ2v) is 8.00. The van der Waals surface area contributed by atoms with Crippen LogP contribution in [0.2, 0.25) is 0 Å². The van der Waals surface area contributed by atoms with Crippen molar-refractivity contribution in [1.82, 2.24) is 15.4 Å². The molecule has 1 aromatic heterocycles. The summed E-state index contributed by atoms with van der Waals surface area (Å²) < 4.78 is 34.6. The molecule has 0 spiro atoms. The molecule has 26 heavy (non-hydrogen) atoms. The van der Waals surface area contributed by atoms with Crippen LogP contribution in [0, 0.1) is 6.92 Å². The zero-order valence-electron chi connectivity index (χ0n) is 15.1. The van der Waals surface area contributed by atoms with Crippen LogP contribution >= 0.6 is 0 Å². The maximum Gasteiger partial charge on any atom is 0.409 e. The van der Waals surface area contributed by atoms with Gasteiger partial charge in [-0.1, -0.05) is 5.16 Å². The molecule has 1 aliphatic rings. The lowest BCUT2D eigenvalue weighted by atomic mass is 10.1. The second kappa shape index (κ2) is 8.39. The largest absolute Gasteiger partial charge is 0.450 e. The van der Waals surface area contributed by atoms with E-state index in [-0.39, 0.29) is 24.5 Å². The highest BCUT2D eigenvalue weighted by atomic mass is 32.2. The number of aromatic nitrogens is 1. The van der Waals surface area contributed by atoms with E-state index in [2.05, 4.69) is 10.5 Å². The van der Waals surface area contributed by atoms with E-state index >= 15 is 0 Å². The van der Waals surface area contributed by atoms with Crippen molar-refractivity contribution in [1.29, 1.82) is 0 Å². The van der Waals surface area contributed by atoms with Gasteiger partial charge in [-0.05, 0) is 26.7 Å². The Hall–Kier alpha value is -2.30. The first-order chi connectivity index (χ1) is 12.2. The Morgan fingerprint density at radius 2 is 2.08 bits per heavy atom. The Balaban J connectivity index is 1.90. The smallest absolute Gasteiger partial charge is 0.409 e. The molecule has 1 aliphatic heterocycles. The number of likely N-dealkylation sites (tertiary alicyclic amines) is 1. The molecule has 0 unspecified atom stereocenters. The van der Waals surface area contributed by atoms with Crippen molar-refractivity contribution in [3.63, 3.8) is 0 Å². The van der Waals surface area contributed by atoms with E-state index in [9.17, 15) is 18.0 Å². The molecule has 1 fully saturated rings. The van der Waals surface area contributed by atoms with E-state index in [1.165, 1.54) is 6.07 Å². The first kappa shape index (κ1) is 20.0. The number of aryl methyl sites for hydroxylation is 1. The Kier molecular flexibility index (Phi) is 6.46. The van der Waals surface area contributed by atoms with Gasteiger partial charge in [0.1, 0.15) is 12.3 Å². The molecule has 146 valence electrons. The van der Waals surface area contributed by atoms with Crippen molar-refractivity contribution in [2.75, 3.05) is 36.8 Å². The number of rotatable bonds is 6. The fourth-order valence-corrected chi connectivity index (χ4v) is 3.44. The minimum absolute atomic E-state index is 0.0669. The molecule has 11 heteroatoms. The lowest BCUT2D eigenvalue weighted by Crippen LogP contribution is -2.49. The average Bonchev–Trinajstić information content (AvgIpc) is 2.98. The Labute approximate surface area is 152 Å². The molecular formula is C15H24N4O6S. The molecule has 0 aliphatic carbocycles. The lowest BCUT2D eigenvalue weighted by molar-refractivity contribution is -0.120. The monoisotopic (exact) mass is 388 g/mol. The summed E-state index contributed by atoms with van der Waals surface area (Å²) in [5, 5.41) is 6.47. The molecule has 0 atom stereocenters. The molecule has 2 heterocycles. The Morgan fingerprint density at radius 1 is 1.42 bits per heavy atom. The van der Waals surface area contributed by atoms with Gasteiger partial charge in [0.05, 0.1) is 12.9 Å². The molecule has 1 N–H and O–H groups in total. The number of anilines is 1. The van der Waals surface area contributed by atoms with Crippen molar-refractivity contribution in [2.24, 2.45) is 0 Å². The first-order valence-corrected chi connectivity index (χ1v) is 10.2. The van der Waals surface area contributed by atoms with Gasteiger partial charge in [0.15, 0.2) is 5.82 Å². The normalized spacial score (nSPS) is 15.6. The quantitative estimate of drug-likeness (QED) is 0.752. The van der Waals surface area contributed by atoms with E-state index in [1.54, 1.807) is 18.7 Å². The number of carbonyl (C=O) groups is 2. The van der Waals surface area contributed by atoms with Crippen LogP contribution in [0.1, 0.15) is 25.5 Å². The van der Waals surface area contributed by atoms with Gasteiger partial charge in [-0.2, -0.15) is 0 Å². The summed E-state index contributed by atoms with van der Waals surface area (Å²) in [6.45, 7) is 4.26. The summed E-state index contributed by atoms with van der Waals surface area (Å²) in [5.74, 6) is 0.0725. The third-order valence-electron chi connectivity index (χ3n) is 3.94. The van der Waals surface area contributed by atoms with Gasteiger partial charge in [0.2, 0.25) is 15.9 Å². The molecule has 0 aromatic carbocycles. The van der Waals surface area contributed by atoms with Crippen LogP contribution in [0.15, 0.2) is 10.6 Å². The zero-order chi connectivity index (χ0) is 19.3. The fourth-order valence-electron chi connectivity index (χ4n) is 2.66. The molecule has 2 amide bonds. The molecule has 0 radical (unpaired) electrons. The van der Waals surface area contributed by atoms with Crippen LogP contribution in [0.3, 0.4) is 0 Å². The van der Waals surface area contributed by atoms with E-state index in [4.69, 9.17) is 9.26 Å². The van der Waals surface area contributed by atoms with Crippen LogP contribution in [-0.4, -0.2) is 69.0 Å². The first-order valence-electron chi connectivity index (χ1n) is 8.32. The number of ether oxygens (including phenoxy) is 1. The fraction of sp³-hybridized carbons (Fsp3) is 0.667. The molecule has 0 saturated carbocycles. The minimum Gasteiger partial charge on any atom is -0.450 e. The second-order valence-electron chi connectivity index (χ2n) is 6.09. The third kappa shape index (κ3) is 5.35. The van der Waals surface area contributed by atoms with Gasteiger partial charge in [0.25, 0.3) is 0 Å². The molecular weight excluding hydrogens is 364 g/mol. The zero-order valence-corrected chi connectivity index (χ0v) is 15.9. The van der Waals surface area contributed by atoms with Crippen LogP contribution in [-0.2, 0) is 19.6 Å². The minimum atomic E-state index is -3.69. The Morgan fingerprint density at radius 3 is 2.58 bits per heavy atom. The molecule has 0 bridgehead atoms. The highest BCUT2D eigenvalue weighted by Crippen LogP contribution is 2.17. The number of nitrogens with one attached hydrogen (secondary N) is 1. The summed E-state index contributed by atoms with van der Waals surface area (Å²) in [5.41, 5.74) is 0. The van der Waals surface area contributed by atoms with Gasteiger partial charge < -0.3 is 19.5 Å². The topological polar surface area (TPSA) is 122 Å². The third-order valence-corrected chi connectivity index (χ3v) is 5.06. The molecule has 2 rings (SSSR count). The predicted molar refractivity (Wildman–Crippen MR) is 93.2 cm³/mol. The summed E-state index contributed by atoms with van der Waals surface area (Å²) in [7, 11) is -3.69. The standard InChI is InChI=1S/C15H24N4O6S/c1-4-24-15(21)18-7-5-12(6-8-18)16-14(20)10-19(26(3,22)23)13-9-11(2)25-17-13/h9,12H,4-8,10H2,1-3H3,(H,16,20). The Bertz CT molecular complexity index is 739. The van der Waals surface area contributed by atoms with E-state index in [1.807, 2.05) is 0 Å². The highest BCUT2D eigenvalue weighted by molar-refractivity contribution is 7.92.